The average Bonchev–Trinajstić information content (AvgIpc) is 2.89. The number of halogens is 2. The molecule has 1 aromatic carbocycles. The highest BCUT2D eigenvalue weighted by Crippen LogP contribution is 2.28. The largest absolute Gasteiger partial charge is 0.388 e. The van der Waals surface area contributed by atoms with Crippen molar-refractivity contribution in [3.05, 3.63) is 51.2 Å². The fourth-order valence-electron chi connectivity index (χ4n) is 2.00. The summed E-state index contributed by atoms with van der Waals surface area (Å²) in [4.78, 5) is 0. The molecule has 5 heteroatoms. The van der Waals surface area contributed by atoms with Gasteiger partial charge in [-0.25, -0.2) is 0 Å². The van der Waals surface area contributed by atoms with Gasteiger partial charge >= 0.3 is 0 Å². The van der Waals surface area contributed by atoms with Crippen LogP contribution in [0.2, 0.25) is 5.02 Å². The van der Waals surface area contributed by atoms with Crippen LogP contribution >= 0.6 is 27.5 Å². The highest BCUT2D eigenvalue weighted by atomic mass is 79.9. The Labute approximate surface area is 132 Å². The molecule has 0 saturated carbocycles. The van der Waals surface area contributed by atoms with E-state index in [0.717, 1.165) is 22.2 Å². The Morgan fingerprint density at radius 1 is 1.40 bits per heavy atom. The van der Waals surface area contributed by atoms with E-state index in [1.165, 1.54) is 0 Å². The van der Waals surface area contributed by atoms with E-state index in [1.807, 2.05) is 23.0 Å². The SMILES string of the molecule is CCC(C)n1ccc(CC(O)c2cc(Cl)ccc2Br)n1. The molecular weight excluding hydrogens is 340 g/mol. The van der Waals surface area contributed by atoms with Crippen LogP contribution in [-0.2, 0) is 6.42 Å². The van der Waals surface area contributed by atoms with Crippen molar-refractivity contribution in [2.45, 2.75) is 38.8 Å². The Balaban J connectivity index is 2.13. The van der Waals surface area contributed by atoms with Gasteiger partial charge in [0.15, 0.2) is 0 Å². The summed E-state index contributed by atoms with van der Waals surface area (Å²) in [5.74, 6) is 0. The monoisotopic (exact) mass is 356 g/mol. The molecule has 0 saturated heterocycles. The number of nitrogens with zero attached hydrogens (tertiary/aromatic N) is 2. The summed E-state index contributed by atoms with van der Waals surface area (Å²) < 4.78 is 2.80. The third-order valence-corrected chi connectivity index (χ3v) is 4.38. The maximum absolute atomic E-state index is 10.3. The second-order valence-electron chi connectivity index (χ2n) is 4.93. The van der Waals surface area contributed by atoms with Crippen molar-refractivity contribution >= 4 is 27.5 Å². The number of aromatic nitrogens is 2. The van der Waals surface area contributed by atoms with Crippen molar-refractivity contribution in [2.75, 3.05) is 0 Å². The lowest BCUT2D eigenvalue weighted by Crippen LogP contribution is -2.07. The van der Waals surface area contributed by atoms with Gasteiger partial charge < -0.3 is 5.11 Å². The van der Waals surface area contributed by atoms with Gasteiger partial charge in [0.25, 0.3) is 0 Å². The normalized spacial score (nSPS) is 14.2. The second-order valence-corrected chi connectivity index (χ2v) is 6.22. The molecule has 2 atom stereocenters. The van der Waals surface area contributed by atoms with E-state index in [0.29, 0.717) is 17.5 Å². The topological polar surface area (TPSA) is 38.0 Å². The average molecular weight is 358 g/mol. The number of benzene rings is 1. The van der Waals surface area contributed by atoms with Crippen LogP contribution < -0.4 is 0 Å². The first-order chi connectivity index (χ1) is 9.51. The molecule has 0 radical (unpaired) electrons. The van der Waals surface area contributed by atoms with E-state index < -0.39 is 6.10 Å². The molecule has 0 amide bonds. The fourth-order valence-corrected chi connectivity index (χ4v) is 2.69. The van der Waals surface area contributed by atoms with Crippen LogP contribution in [0, 0.1) is 0 Å². The van der Waals surface area contributed by atoms with Gasteiger partial charge in [0.1, 0.15) is 0 Å². The van der Waals surface area contributed by atoms with Crippen LogP contribution in [0.15, 0.2) is 34.9 Å². The van der Waals surface area contributed by atoms with Gasteiger partial charge in [-0.3, -0.25) is 4.68 Å². The Morgan fingerprint density at radius 2 is 2.15 bits per heavy atom. The molecule has 1 N–H and O–H groups in total. The van der Waals surface area contributed by atoms with Crippen molar-refractivity contribution in [1.29, 1.82) is 0 Å². The van der Waals surface area contributed by atoms with Crippen molar-refractivity contribution in [3.8, 4) is 0 Å². The Kier molecular flexibility index (Phi) is 5.24. The van der Waals surface area contributed by atoms with Gasteiger partial charge in [0.05, 0.1) is 11.8 Å². The second kappa shape index (κ2) is 6.74. The molecule has 2 rings (SSSR count). The molecular formula is C15H18BrClN2O. The molecule has 0 aliphatic carbocycles. The molecule has 0 fully saturated rings. The zero-order valence-corrected chi connectivity index (χ0v) is 13.9. The van der Waals surface area contributed by atoms with E-state index in [9.17, 15) is 5.11 Å². The first-order valence-corrected chi connectivity index (χ1v) is 7.85. The van der Waals surface area contributed by atoms with Crippen molar-refractivity contribution in [3.63, 3.8) is 0 Å². The van der Waals surface area contributed by atoms with Crippen LogP contribution in [0.3, 0.4) is 0 Å². The van der Waals surface area contributed by atoms with Crippen LogP contribution in [0.4, 0.5) is 0 Å². The highest BCUT2D eigenvalue weighted by molar-refractivity contribution is 9.10. The van der Waals surface area contributed by atoms with E-state index in [-0.39, 0.29) is 0 Å². The third-order valence-electron chi connectivity index (χ3n) is 3.43. The number of hydrogen-bond acceptors (Lipinski definition) is 2. The zero-order valence-electron chi connectivity index (χ0n) is 11.6. The van der Waals surface area contributed by atoms with Gasteiger partial charge in [0.2, 0.25) is 0 Å². The predicted octanol–water partition coefficient (Wildman–Crippen LogP) is 4.55. The maximum Gasteiger partial charge on any atom is 0.0857 e. The first kappa shape index (κ1) is 15.5. The summed E-state index contributed by atoms with van der Waals surface area (Å²) in [6, 6.07) is 7.74. The van der Waals surface area contributed by atoms with E-state index in [1.54, 1.807) is 12.1 Å². The molecule has 0 spiro atoms. The summed E-state index contributed by atoms with van der Waals surface area (Å²) in [6.45, 7) is 4.25. The molecule has 3 nitrogen and oxygen atoms in total. The fraction of sp³-hybridized carbons (Fsp3) is 0.400. The highest BCUT2D eigenvalue weighted by Gasteiger charge is 2.15. The van der Waals surface area contributed by atoms with Crippen molar-refractivity contribution in [1.82, 2.24) is 9.78 Å². The molecule has 0 aliphatic heterocycles. The Hall–Kier alpha value is -0.840. The predicted molar refractivity (Wildman–Crippen MR) is 85.0 cm³/mol. The number of rotatable bonds is 5. The Bertz CT molecular complexity index is 585. The number of hydrogen-bond donors (Lipinski definition) is 1. The van der Waals surface area contributed by atoms with Crippen LogP contribution in [0.25, 0.3) is 0 Å². The lowest BCUT2D eigenvalue weighted by atomic mass is 10.1. The van der Waals surface area contributed by atoms with Gasteiger partial charge in [0, 0.05) is 28.2 Å². The maximum atomic E-state index is 10.3. The molecule has 1 aromatic heterocycles. The Morgan fingerprint density at radius 3 is 2.85 bits per heavy atom. The van der Waals surface area contributed by atoms with Crippen LogP contribution in [-0.4, -0.2) is 14.9 Å². The van der Waals surface area contributed by atoms with Gasteiger partial charge in [-0.15, -0.1) is 0 Å². The van der Waals surface area contributed by atoms with E-state index in [4.69, 9.17) is 11.6 Å². The lowest BCUT2D eigenvalue weighted by Gasteiger charge is -2.12. The molecule has 0 aliphatic rings. The zero-order chi connectivity index (χ0) is 14.7. The molecule has 2 aromatic rings. The van der Waals surface area contributed by atoms with Gasteiger partial charge in [-0.2, -0.15) is 5.10 Å². The van der Waals surface area contributed by atoms with E-state index >= 15 is 0 Å². The summed E-state index contributed by atoms with van der Waals surface area (Å²) in [7, 11) is 0. The van der Waals surface area contributed by atoms with E-state index in [2.05, 4.69) is 34.9 Å². The first-order valence-electron chi connectivity index (χ1n) is 6.68. The molecule has 2 unspecified atom stereocenters. The number of aliphatic hydroxyl groups is 1. The summed E-state index contributed by atoms with van der Waals surface area (Å²) >= 11 is 9.42. The molecule has 20 heavy (non-hydrogen) atoms. The minimum Gasteiger partial charge on any atom is -0.388 e. The summed E-state index contributed by atoms with van der Waals surface area (Å²) in [5, 5.41) is 15.5. The quantitative estimate of drug-likeness (QED) is 0.852. The standard InChI is InChI=1S/C15H18BrClN2O/c1-3-10(2)19-7-6-12(18-19)9-15(20)13-8-11(17)4-5-14(13)16/h4-8,10,15,20H,3,9H2,1-2H3. The summed E-state index contributed by atoms with van der Waals surface area (Å²) in [5.41, 5.74) is 1.67. The lowest BCUT2D eigenvalue weighted by molar-refractivity contribution is 0.176. The van der Waals surface area contributed by atoms with Gasteiger partial charge in [-0.05, 0) is 43.2 Å². The molecule has 108 valence electrons. The van der Waals surface area contributed by atoms with Crippen LogP contribution in [0.5, 0.6) is 0 Å². The van der Waals surface area contributed by atoms with Crippen LogP contribution in [0.1, 0.15) is 43.7 Å². The summed E-state index contributed by atoms with van der Waals surface area (Å²) in [6.07, 6.45) is 2.85. The van der Waals surface area contributed by atoms with Crippen molar-refractivity contribution in [2.24, 2.45) is 0 Å². The minimum atomic E-state index is -0.622. The minimum absolute atomic E-state index is 0.374. The molecule has 0 bridgehead atoms. The third kappa shape index (κ3) is 3.62. The molecule has 1 heterocycles. The van der Waals surface area contributed by atoms with Gasteiger partial charge in [-0.1, -0.05) is 34.5 Å². The number of aliphatic hydroxyl groups excluding tert-OH is 1. The van der Waals surface area contributed by atoms with Crippen molar-refractivity contribution < 1.29 is 5.11 Å². The smallest absolute Gasteiger partial charge is 0.0857 e.